The van der Waals surface area contributed by atoms with Gasteiger partial charge < -0.3 is 10.6 Å². The van der Waals surface area contributed by atoms with E-state index in [1.54, 1.807) is 0 Å². The lowest BCUT2D eigenvalue weighted by Gasteiger charge is -2.37. The van der Waals surface area contributed by atoms with Gasteiger partial charge in [-0.15, -0.1) is 0 Å². The van der Waals surface area contributed by atoms with Crippen molar-refractivity contribution in [3.8, 4) is 0 Å². The minimum absolute atomic E-state index is 0.150. The quantitative estimate of drug-likeness (QED) is 0.615. The maximum absolute atomic E-state index is 11.3. The van der Waals surface area contributed by atoms with Gasteiger partial charge in [-0.05, 0) is 12.8 Å². The first-order chi connectivity index (χ1) is 6.91. The van der Waals surface area contributed by atoms with Crippen LogP contribution in [0, 0.1) is 0 Å². The van der Waals surface area contributed by atoms with E-state index in [4.69, 9.17) is 0 Å². The normalized spacial score (nSPS) is 26.3. The number of piperidine rings is 1. The van der Waals surface area contributed by atoms with E-state index in [-0.39, 0.29) is 11.6 Å². The summed E-state index contributed by atoms with van der Waals surface area (Å²) in [4.78, 5) is 11.0. The van der Waals surface area contributed by atoms with E-state index < -0.39 is 10.0 Å². The summed E-state index contributed by atoms with van der Waals surface area (Å²) in [7, 11) is -3.09. The molecule has 86 valence electrons. The maximum Gasteiger partial charge on any atom is 0.315 e. The summed E-state index contributed by atoms with van der Waals surface area (Å²) < 4.78 is 24.0. The number of rotatable bonds is 1. The predicted octanol–water partition coefficient (Wildman–Crippen LogP) is -0.907. The fourth-order valence-corrected chi connectivity index (χ4v) is 2.97. The zero-order chi connectivity index (χ0) is 11.1. The summed E-state index contributed by atoms with van der Waals surface area (Å²) in [6.07, 6.45) is 2.58. The van der Waals surface area contributed by atoms with Crippen LogP contribution in [0.4, 0.5) is 4.79 Å². The molecular formula is C8H15N3O3S. The molecular weight excluding hydrogens is 218 g/mol. The van der Waals surface area contributed by atoms with Crippen LogP contribution < -0.4 is 10.6 Å². The van der Waals surface area contributed by atoms with E-state index in [1.807, 2.05) is 0 Å². The van der Waals surface area contributed by atoms with Crippen LogP contribution in [0.3, 0.4) is 0 Å². The molecule has 0 bridgehead atoms. The Kier molecular flexibility index (Phi) is 2.38. The van der Waals surface area contributed by atoms with E-state index in [9.17, 15) is 13.2 Å². The van der Waals surface area contributed by atoms with Gasteiger partial charge in [0, 0.05) is 19.6 Å². The standard InChI is InChI=1S/C8H15N3O3S/c1-15(13,14)11-4-2-8(3-5-11)6-9-7(12)10-8/h2-6H2,1H3,(H2,9,10,12). The monoisotopic (exact) mass is 233 g/mol. The maximum atomic E-state index is 11.3. The van der Waals surface area contributed by atoms with Crippen molar-refractivity contribution in [3.05, 3.63) is 0 Å². The number of hydrogen-bond acceptors (Lipinski definition) is 3. The SMILES string of the molecule is CS(=O)(=O)N1CCC2(CC1)CNC(=O)N2. The minimum atomic E-state index is -3.09. The highest BCUT2D eigenvalue weighted by Gasteiger charge is 2.41. The van der Waals surface area contributed by atoms with Gasteiger partial charge in [0.2, 0.25) is 10.0 Å². The average molecular weight is 233 g/mol. The van der Waals surface area contributed by atoms with Crippen molar-refractivity contribution < 1.29 is 13.2 Å². The lowest BCUT2D eigenvalue weighted by Crippen LogP contribution is -2.53. The van der Waals surface area contributed by atoms with E-state index >= 15 is 0 Å². The van der Waals surface area contributed by atoms with E-state index in [0.29, 0.717) is 32.5 Å². The number of nitrogens with one attached hydrogen (secondary N) is 2. The molecule has 0 unspecified atom stereocenters. The molecule has 0 aromatic carbocycles. The van der Waals surface area contributed by atoms with Crippen LogP contribution in [-0.2, 0) is 10.0 Å². The van der Waals surface area contributed by atoms with Gasteiger partial charge in [-0.1, -0.05) is 0 Å². The molecule has 7 heteroatoms. The zero-order valence-corrected chi connectivity index (χ0v) is 9.43. The summed E-state index contributed by atoms with van der Waals surface area (Å²) in [5, 5.41) is 5.59. The third-order valence-corrected chi connectivity index (χ3v) is 4.42. The predicted molar refractivity (Wildman–Crippen MR) is 54.9 cm³/mol. The lowest BCUT2D eigenvalue weighted by atomic mass is 9.90. The number of carbonyl (C=O) groups is 1. The van der Waals surface area contributed by atoms with Gasteiger partial charge in [0.25, 0.3) is 0 Å². The Bertz CT molecular complexity index is 371. The Morgan fingerprint density at radius 2 is 1.93 bits per heavy atom. The molecule has 0 saturated carbocycles. The molecule has 0 radical (unpaired) electrons. The van der Waals surface area contributed by atoms with Crippen molar-refractivity contribution >= 4 is 16.1 Å². The topological polar surface area (TPSA) is 78.5 Å². The Morgan fingerprint density at radius 1 is 1.33 bits per heavy atom. The van der Waals surface area contributed by atoms with Crippen LogP contribution in [0.15, 0.2) is 0 Å². The number of sulfonamides is 1. The molecule has 2 rings (SSSR count). The van der Waals surface area contributed by atoms with Crippen molar-refractivity contribution in [2.24, 2.45) is 0 Å². The number of amides is 2. The number of urea groups is 1. The molecule has 2 heterocycles. The van der Waals surface area contributed by atoms with E-state index in [0.717, 1.165) is 0 Å². The van der Waals surface area contributed by atoms with Crippen LogP contribution in [0.2, 0.25) is 0 Å². The molecule has 1 spiro atoms. The van der Waals surface area contributed by atoms with Gasteiger partial charge in [-0.25, -0.2) is 17.5 Å². The van der Waals surface area contributed by atoms with E-state index in [1.165, 1.54) is 10.6 Å². The molecule has 0 aliphatic carbocycles. The fourth-order valence-electron chi connectivity index (χ4n) is 2.13. The Labute approximate surface area is 89.1 Å². The van der Waals surface area contributed by atoms with Crippen LogP contribution in [-0.4, -0.2) is 50.2 Å². The first-order valence-electron chi connectivity index (χ1n) is 4.92. The van der Waals surface area contributed by atoms with E-state index in [2.05, 4.69) is 10.6 Å². The van der Waals surface area contributed by atoms with Crippen LogP contribution in [0.25, 0.3) is 0 Å². The molecule has 6 nitrogen and oxygen atoms in total. The number of hydrogen-bond donors (Lipinski definition) is 2. The molecule has 2 saturated heterocycles. The molecule has 2 fully saturated rings. The molecule has 2 amide bonds. The molecule has 15 heavy (non-hydrogen) atoms. The van der Waals surface area contributed by atoms with Crippen molar-refractivity contribution in [2.45, 2.75) is 18.4 Å². The second-order valence-corrected chi connectivity index (χ2v) is 6.23. The molecule has 0 aromatic heterocycles. The van der Waals surface area contributed by atoms with Gasteiger partial charge in [0.05, 0.1) is 11.8 Å². The molecule has 2 aliphatic heterocycles. The summed E-state index contributed by atoms with van der Waals surface area (Å²) in [6.45, 7) is 1.57. The van der Waals surface area contributed by atoms with Crippen LogP contribution >= 0.6 is 0 Å². The van der Waals surface area contributed by atoms with Crippen molar-refractivity contribution in [2.75, 3.05) is 25.9 Å². The largest absolute Gasteiger partial charge is 0.336 e. The van der Waals surface area contributed by atoms with Crippen molar-refractivity contribution in [1.29, 1.82) is 0 Å². The number of carbonyl (C=O) groups excluding carboxylic acids is 1. The smallest absolute Gasteiger partial charge is 0.315 e. The Balaban J connectivity index is 2.01. The highest BCUT2D eigenvalue weighted by molar-refractivity contribution is 7.88. The minimum Gasteiger partial charge on any atom is -0.336 e. The summed E-state index contributed by atoms with van der Waals surface area (Å²) in [5.74, 6) is 0. The summed E-state index contributed by atoms with van der Waals surface area (Å²) in [6, 6.07) is -0.150. The second kappa shape index (κ2) is 3.34. The van der Waals surface area contributed by atoms with Crippen LogP contribution in [0.5, 0.6) is 0 Å². The highest BCUT2D eigenvalue weighted by atomic mass is 32.2. The Morgan fingerprint density at radius 3 is 2.33 bits per heavy atom. The fraction of sp³-hybridized carbons (Fsp3) is 0.875. The first-order valence-corrected chi connectivity index (χ1v) is 6.77. The van der Waals surface area contributed by atoms with Gasteiger partial charge >= 0.3 is 6.03 Å². The molecule has 2 N–H and O–H groups in total. The van der Waals surface area contributed by atoms with Gasteiger partial charge in [-0.3, -0.25) is 0 Å². The highest BCUT2D eigenvalue weighted by Crippen LogP contribution is 2.25. The number of nitrogens with zero attached hydrogens (tertiary/aromatic N) is 1. The van der Waals surface area contributed by atoms with Gasteiger partial charge in [-0.2, -0.15) is 0 Å². The molecule has 0 aromatic rings. The molecule has 0 atom stereocenters. The first kappa shape index (κ1) is 10.7. The lowest BCUT2D eigenvalue weighted by molar-refractivity contribution is 0.217. The third-order valence-electron chi connectivity index (χ3n) is 3.11. The zero-order valence-electron chi connectivity index (χ0n) is 8.62. The molecule has 2 aliphatic rings. The van der Waals surface area contributed by atoms with Gasteiger partial charge in [0.15, 0.2) is 0 Å². The summed E-state index contributed by atoms with van der Waals surface area (Å²) >= 11 is 0. The van der Waals surface area contributed by atoms with Crippen molar-refractivity contribution in [3.63, 3.8) is 0 Å². The van der Waals surface area contributed by atoms with Crippen LogP contribution in [0.1, 0.15) is 12.8 Å². The van der Waals surface area contributed by atoms with Crippen molar-refractivity contribution in [1.82, 2.24) is 14.9 Å². The summed E-state index contributed by atoms with van der Waals surface area (Å²) in [5.41, 5.74) is -0.224. The Hall–Kier alpha value is -0.820. The second-order valence-electron chi connectivity index (χ2n) is 4.25. The third kappa shape index (κ3) is 2.07. The average Bonchev–Trinajstić information content (AvgIpc) is 2.47. The van der Waals surface area contributed by atoms with Gasteiger partial charge in [0.1, 0.15) is 0 Å².